The van der Waals surface area contributed by atoms with Crippen LogP contribution in [0.5, 0.6) is 5.75 Å². The Balaban J connectivity index is 1.33. The molecule has 2 bridgehead atoms. The quantitative estimate of drug-likeness (QED) is 0.130. The summed E-state index contributed by atoms with van der Waals surface area (Å²) in [5.74, 6) is -3.33. The van der Waals surface area contributed by atoms with Crippen LogP contribution in [-0.2, 0) is 46.6 Å². The topological polar surface area (TPSA) is 115 Å². The van der Waals surface area contributed by atoms with Crippen molar-refractivity contribution in [3.05, 3.63) is 139 Å². The summed E-state index contributed by atoms with van der Waals surface area (Å²) in [6.45, 7) is 9.82. The average Bonchev–Trinajstić information content (AvgIpc) is 3.85. The van der Waals surface area contributed by atoms with Crippen molar-refractivity contribution in [3.8, 4) is 5.75 Å². The fourth-order valence-corrected chi connectivity index (χ4v) is 7.58. The van der Waals surface area contributed by atoms with Crippen molar-refractivity contribution < 1.29 is 38.2 Å². The molecule has 11 heteroatoms. The van der Waals surface area contributed by atoms with Gasteiger partial charge in [-0.05, 0) is 42.2 Å². The second kappa shape index (κ2) is 16.7. The number of likely N-dealkylation sites (N-methyl/N-ethyl adjacent to an activating group) is 1. The number of esters is 1. The number of rotatable bonds is 17. The highest BCUT2D eigenvalue weighted by Gasteiger charge is 2.74. The van der Waals surface area contributed by atoms with Crippen molar-refractivity contribution in [1.29, 1.82) is 0 Å². The number of hydrogen-bond acceptors (Lipinski definition) is 8. The first kappa shape index (κ1) is 38.2. The number of methoxy groups -OCH3 is 1. The standard InChI is InChI=1S/C43H47N3O8/c1-6-8-19-35(47)44(4)29(3)38(32-17-13-10-14-18-32)53-42(50)36-34-24-25-43(54-34)37(36)40(48)46(52-28-31-20-22-33(51-5)23-21-31)39(43)41(49)45(26-7-2)27-30-15-11-9-12-16-30/h6-7,9-18,20-25,29,34,36-39H,1-2,8,19,26-28H2,3-5H3/t29-,34-,36+,37+,38+,39-,43+/m1/s1. The maximum absolute atomic E-state index is 14.8. The molecule has 0 saturated carbocycles. The molecule has 1 spiro atoms. The van der Waals surface area contributed by atoms with Gasteiger partial charge in [-0.15, -0.1) is 13.2 Å². The Morgan fingerprint density at radius 3 is 2.30 bits per heavy atom. The van der Waals surface area contributed by atoms with Gasteiger partial charge in [0.1, 0.15) is 30.0 Å². The summed E-state index contributed by atoms with van der Waals surface area (Å²) in [5, 5.41) is 1.09. The zero-order valence-corrected chi connectivity index (χ0v) is 30.9. The van der Waals surface area contributed by atoms with E-state index in [9.17, 15) is 19.2 Å². The van der Waals surface area contributed by atoms with Crippen LogP contribution in [0, 0.1) is 11.8 Å². The number of amides is 3. The lowest BCUT2D eigenvalue weighted by atomic mass is 9.74. The van der Waals surface area contributed by atoms with Gasteiger partial charge in [0.05, 0.1) is 25.2 Å². The number of allylic oxidation sites excluding steroid dienone is 1. The Bertz CT molecular complexity index is 1870. The van der Waals surface area contributed by atoms with Crippen molar-refractivity contribution in [3.63, 3.8) is 0 Å². The Kier molecular flexibility index (Phi) is 11.8. The van der Waals surface area contributed by atoms with E-state index in [-0.39, 0.29) is 32.0 Å². The van der Waals surface area contributed by atoms with Crippen molar-refractivity contribution in [2.75, 3.05) is 20.7 Å². The van der Waals surface area contributed by atoms with E-state index in [1.807, 2.05) is 67.6 Å². The molecule has 0 aliphatic carbocycles. The Labute approximate surface area is 316 Å². The van der Waals surface area contributed by atoms with Crippen molar-refractivity contribution in [2.24, 2.45) is 11.8 Å². The van der Waals surface area contributed by atoms with Gasteiger partial charge in [-0.25, -0.2) is 5.06 Å². The monoisotopic (exact) mass is 733 g/mol. The molecule has 3 aliphatic heterocycles. The summed E-state index contributed by atoms with van der Waals surface area (Å²) in [6, 6.07) is 24.1. The number of ether oxygens (including phenoxy) is 3. The summed E-state index contributed by atoms with van der Waals surface area (Å²) < 4.78 is 18.2. The fraction of sp³-hybridized carbons (Fsp3) is 0.349. The van der Waals surface area contributed by atoms with E-state index in [1.54, 1.807) is 72.5 Å². The van der Waals surface area contributed by atoms with Crippen molar-refractivity contribution >= 4 is 23.7 Å². The predicted octanol–water partition coefficient (Wildman–Crippen LogP) is 5.59. The fourth-order valence-electron chi connectivity index (χ4n) is 7.58. The van der Waals surface area contributed by atoms with E-state index in [4.69, 9.17) is 19.0 Å². The number of nitrogens with zero attached hydrogens (tertiary/aromatic N) is 3. The van der Waals surface area contributed by atoms with Gasteiger partial charge in [0.2, 0.25) is 5.91 Å². The molecule has 282 valence electrons. The zero-order chi connectivity index (χ0) is 38.4. The molecule has 3 aromatic rings. The van der Waals surface area contributed by atoms with Crippen LogP contribution >= 0.6 is 0 Å². The largest absolute Gasteiger partial charge is 0.497 e. The Morgan fingerprint density at radius 1 is 0.963 bits per heavy atom. The number of carbonyl (C=O) groups excluding carboxylic acids is 4. The molecule has 2 fully saturated rings. The average molecular weight is 734 g/mol. The van der Waals surface area contributed by atoms with E-state index >= 15 is 0 Å². The van der Waals surface area contributed by atoms with Gasteiger partial charge in [-0.3, -0.25) is 24.0 Å². The molecule has 3 aliphatic rings. The van der Waals surface area contributed by atoms with Gasteiger partial charge in [-0.1, -0.05) is 97.1 Å². The minimum absolute atomic E-state index is 0.0372. The molecule has 0 unspecified atom stereocenters. The van der Waals surface area contributed by atoms with Crippen LogP contribution in [-0.4, -0.2) is 83.0 Å². The van der Waals surface area contributed by atoms with Gasteiger partial charge >= 0.3 is 5.97 Å². The third-order valence-electron chi connectivity index (χ3n) is 10.5. The number of benzene rings is 3. The van der Waals surface area contributed by atoms with Crippen LogP contribution in [0.15, 0.2) is 122 Å². The molecule has 11 nitrogen and oxygen atoms in total. The lowest BCUT2D eigenvalue weighted by Crippen LogP contribution is -2.55. The first-order valence-corrected chi connectivity index (χ1v) is 18.1. The van der Waals surface area contributed by atoms with Gasteiger partial charge < -0.3 is 24.0 Å². The van der Waals surface area contributed by atoms with Gasteiger partial charge in [0, 0.05) is 26.6 Å². The van der Waals surface area contributed by atoms with Crippen molar-refractivity contribution in [1.82, 2.24) is 14.9 Å². The predicted molar refractivity (Wildman–Crippen MR) is 201 cm³/mol. The van der Waals surface area contributed by atoms with Crippen LogP contribution in [0.3, 0.4) is 0 Å². The lowest BCUT2D eigenvalue weighted by Gasteiger charge is -2.35. The molecule has 54 heavy (non-hydrogen) atoms. The summed E-state index contributed by atoms with van der Waals surface area (Å²) in [5.41, 5.74) is 0.801. The van der Waals surface area contributed by atoms with Crippen LogP contribution in [0.2, 0.25) is 0 Å². The van der Waals surface area contributed by atoms with E-state index in [0.29, 0.717) is 17.7 Å². The molecule has 2 saturated heterocycles. The summed E-state index contributed by atoms with van der Waals surface area (Å²) in [4.78, 5) is 66.4. The molecular weight excluding hydrogens is 686 g/mol. The molecule has 3 heterocycles. The number of carbonyl (C=O) groups is 4. The maximum Gasteiger partial charge on any atom is 0.313 e. The number of fused-ring (bicyclic) bond motifs is 1. The lowest BCUT2D eigenvalue weighted by molar-refractivity contribution is -0.211. The van der Waals surface area contributed by atoms with E-state index in [2.05, 4.69) is 13.2 Å². The summed E-state index contributed by atoms with van der Waals surface area (Å²) in [6.07, 6.45) is 5.84. The van der Waals surface area contributed by atoms with Crippen LogP contribution in [0.25, 0.3) is 0 Å². The van der Waals surface area contributed by atoms with Crippen LogP contribution in [0.1, 0.15) is 42.6 Å². The molecule has 3 amide bonds. The van der Waals surface area contributed by atoms with Crippen LogP contribution < -0.4 is 4.74 Å². The SMILES string of the molecule is C=CCCC(=O)N(C)[C@H](C)[C@H](OC(=O)[C@@H]1[C@H]2C(=O)N(OCc3ccc(OC)cc3)[C@H](C(=O)N(CC=C)Cc3ccccc3)[C@]23C=C[C@H]1O3)c1ccccc1. The highest BCUT2D eigenvalue weighted by molar-refractivity contribution is 5.98. The second-order valence-corrected chi connectivity index (χ2v) is 13.8. The highest BCUT2D eigenvalue weighted by Crippen LogP contribution is 2.56. The molecular formula is C43H47N3O8. The minimum atomic E-state index is -1.51. The third-order valence-corrected chi connectivity index (χ3v) is 10.5. The third kappa shape index (κ3) is 7.47. The maximum atomic E-state index is 14.8. The number of hydrogen-bond donors (Lipinski definition) is 0. The van der Waals surface area contributed by atoms with E-state index < -0.39 is 59.5 Å². The molecule has 6 rings (SSSR count). The molecule has 0 aromatic heterocycles. The Hall–Kier alpha value is -5.52. The zero-order valence-electron chi connectivity index (χ0n) is 30.9. The van der Waals surface area contributed by atoms with Gasteiger partial charge in [-0.2, -0.15) is 0 Å². The second-order valence-electron chi connectivity index (χ2n) is 13.8. The van der Waals surface area contributed by atoms with Gasteiger partial charge in [0.15, 0.2) is 6.04 Å². The summed E-state index contributed by atoms with van der Waals surface area (Å²) >= 11 is 0. The number of hydroxylamine groups is 2. The summed E-state index contributed by atoms with van der Waals surface area (Å²) in [7, 11) is 3.25. The molecule has 0 radical (unpaired) electrons. The van der Waals surface area contributed by atoms with Crippen molar-refractivity contribution in [2.45, 2.75) is 62.8 Å². The molecule has 3 aromatic carbocycles. The smallest absolute Gasteiger partial charge is 0.313 e. The minimum Gasteiger partial charge on any atom is -0.497 e. The van der Waals surface area contributed by atoms with E-state index in [1.165, 1.54) is 0 Å². The van der Waals surface area contributed by atoms with Gasteiger partial charge in [0.25, 0.3) is 11.8 Å². The Morgan fingerprint density at radius 2 is 1.65 bits per heavy atom. The van der Waals surface area contributed by atoms with E-state index in [0.717, 1.165) is 16.2 Å². The molecule has 7 atom stereocenters. The molecule has 0 N–H and O–H groups in total. The van der Waals surface area contributed by atoms with Crippen LogP contribution in [0.4, 0.5) is 0 Å². The normalized spacial score (nSPS) is 23.3. The first-order chi connectivity index (χ1) is 26.1. The highest BCUT2D eigenvalue weighted by atomic mass is 16.7. The first-order valence-electron chi connectivity index (χ1n) is 18.1.